The van der Waals surface area contributed by atoms with Gasteiger partial charge in [-0.05, 0) is 42.6 Å². The topological polar surface area (TPSA) is 26.3 Å². The van der Waals surface area contributed by atoms with Crippen molar-refractivity contribution in [3.8, 4) is 0 Å². The normalized spacial score (nSPS) is 32.4. The maximum atomic E-state index is 11.3. The van der Waals surface area contributed by atoms with Gasteiger partial charge in [-0.15, -0.1) is 23.5 Å². The van der Waals surface area contributed by atoms with Gasteiger partial charge in [0.05, 0.1) is 11.2 Å². The van der Waals surface area contributed by atoms with E-state index >= 15 is 0 Å². The zero-order valence-electron chi connectivity index (χ0n) is 9.81. The van der Waals surface area contributed by atoms with E-state index in [1.165, 1.54) is 24.3 Å². The van der Waals surface area contributed by atoms with Crippen molar-refractivity contribution in [3.63, 3.8) is 0 Å². The van der Waals surface area contributed by atoms with Crippen LogP contribution in [0, 0.1) is 11.8 Å². The van der Waals surface area contributed by atoms with E-state index < -0.39 is 0 Å². The number of cyclic esters (lactones) is 1. The predicted octanol–water partition coefficient (Wildman–Crippen LogP) is 3.16. The van der Waals surface area contributed by atoms with Gasteiger partial charge in [-0.2, -0.15) is 0 Å². The highest BCUT2D eigenvalue weighted by atomic mass is 32.2. The molecule has 16 heavy (non-hydrogen) atoms. The van der Waals surface area contributed by atoms with Crippen LogP contribution >= 0.6 is 23.5 Å². The molecule has 92 valence electrons. The summed E-state index contributed by atoms with van der Waals surface area (Å²) in [6.07, 6.45) is 4.33. The van der Waals surface area contributed by atoms with Crippen molar-refractivity contribution in [2.24, 2.45) is 11.8 Å². The minimum Gasteiger partial charge on any atom is -0.465 e. The van der Waals surface area contributed by atoms with E-state index in [4.69, 9.17) is 4.74 Å². The molecule has 2 saturated heterocycles. The number of hydrogen-bond donors (Lipinski definition) is 0. The van der Waals surface area contributed by atoms with Crippen molar-refractivity contribution >= 4 is 29.5 Å². The van der Waals surface area contributed by atoms with E-state index in [-0.39, 0.29) is 5.97 Å². The number of ether oxygens (including phenoxy) is 1. The van der Waals surface area contributed by atoms with Gasteiger partial charge in [-0.3, -0.25) is 4.79 Å². The van der Waals surface area contributed by atoms with Gasteiger partial charge in [0.25, 0.3) is 0 Å². The molecule has 2 nitrogen and oxygen atoms in total. The first-order valence-corrected chi connectivity index (χ1v) is 8.28. The number of rotatable bonds is 3. The van der Waals surface area contributed by atoms with Gasteiger partial charge in [0.2, 0.25) is 0 Å². The van der Waals surface area contributed by atoms with E-state index in [9.17, 15) is 4.79 Å². The minimum atomic E-state index is 0.0144. The molecular weight excluding hydrogens is 240 g/mol. The Morgan fingerprint density at radius 1 is 1.31 bits per heavy atom. The third kappa shape index (κ3) is 3.33. The summed E-state index contributed by atoms with van der Waals surface area (Å²) < 4.78 is 5.87. The van der Waals surface area contributed by atoms with Gasteiger partial charge in [-0.25, -0.2) is 0 Å². The monoisotopic (exact) mass is 260 g/mol. The number of thioether (sulfide) groups is 2. The Balaban J connectivity index is 1.86. The second-order valence-electron chi connectivity index (χ2n) is 4.58. The summed E-state index contributed by atoms with van der Waals surface area (Å²) >= 11 is 4.16. The lowest BCUT2D eigenvalue weighted by Gasteiger charge is -2.33. The number of hydrogen-bond acceptors (Lipinski definition) is 4. The van der Waals surface area contributed by atoms with Crippen LogP contribution in [0.3, 0.4) is 0 Å². The highest BCUT2D eigenvalue weighted by Crippen LogP contribution is 2.39. The van der Waals surface area contributed by atoms with Crippen LogP contribution in [0.2, 0.25) is 0 Å². The molecule has 0 N–H and O–H groups in total. The third-order valence-electron chi connectivity index (χ3n) is 3.47. The molecule has 0 aromatic heterocycles. The van der Waals surface area contributed by atoms with Crippen molar-refractivity contribution in [3.05, 3.63) is 0 Å². The summed E-state index contributed by atoms with van der Waals surface area (Å²) in [6, 6.07) is 0. The van der Waals surface area contributed by atoms with Gasteiger partial charge in [0.1, 0.15) is 0 Å². The van der Waals surface area contributed by atoms with E-state index in [0.29, 0.717) is 24.9 Å². The highest BCUT2D eigenvalue weighted by molar-refractivity contribution is 8.17. The van der Waals surface area contributed by atoms with E-state index in [1.807, 2.05) is 0 Å². The fraction of sp³-hybridized carbons (Fsp3) is 0.917. The van der Waals surface area contributed by atoms with Crippen LogP contribution in [0.15, 0.2) is 0 Å². The first-order valence-electron chi connectivity index (χ1n) is 6.18. The largest absolute Gasteiger partial charge is 0.465 e. The van der Waals surface area contributed by atoms with Gasteiger partial charge in [-0.1, -0.05) is 6.92 Å². The zero-order chi connectivity index (χ0) is 11.4. The number of carbonyl (C=O) groups is 1. The highest BCUT2D eigenvalue weighted by Gasteiger charge is 2.32. The quantitative estimate of drug-likeness (QED) is 0.728. The van der Waals surface area contributed by atoms with E-state index in [0.717, 1.165) is 11.0 Å². The van der Waals surface area contributed by atoms with Crippen LogP contribution < -0.4 is 0 Å². The molecule has 0 aliphatic carbocycles. The SMILES string of the molecule is CC[C@H]1COC(=O)C[C@H]1CC1SCCCS1. The Morgan fingerprint density at radius 3 is 2.75 bits per heavy atom. The summed E-state index contributed by atoms with van der Waals surface area (Å²) in [7, 11) is 0. The standard InChI is InChI=1S/C12H20O2S2/c1-2-9-8-14-11(13)6-10(9)7-12-15-4-3-5-16-12/h9-10,12H,2-8H2,1H3/t9-,10-/m0/s1. The van der Waals surface area contributed by atoms with Crippen LogP contribution in [-0.2, 0) is 9.53 Å². The van der Waals surface area contributed by atoms with Crippen LogP contribution in [0.25, 0.3) is 0 Å². The molecule has 0 radical (unpaired) electrons. The van der Waals surface area contributed by atoms with Crippen molar-refractivity contribution in [2.75, 3.05) is 18.1 Å². The molecule has 0 spiro atoms. The Hall–Kier alpha value is 0.170. The molecule has 4 heteroatoms. The lowest BCUT2D eigenvalue weighted by atomic mass is 9.84. The Morgan fingerprint density at radius 2 is 2.06 bits per heavy atom. The number of esters is 1. The maximum Gasteiger partial charge on any atom is 0.306 e. The molecule has 2 rings (SSSR count). The smallest absolute Gasteiger partial charge is 0.306 e. The molecule has 2 aliphatic heterocycles. The molecule has 0 bridgehead atoms. The Bertz CT molecular complexity index is 239. The van der Waals surface area contributed by atoms with Gasteiger partial charge < -0.3 is 4.74 Å². The van der Waals surface area contributed by atoms with Crippen molar-refractivity contribution in [1.29, 1.82) is 0 Å². The van der Waals surface area contributed by atoms with E-state index in [2.05, 4.69) is 30.4 Å². The first-order chi connectivity index (χ1) is 7.79. The van der Waals surface area contributed by atoms with Crippen LogP contribution in [0.5, 0.6) is 0 Å². The fourth-order valence-electron chi connectivity index (χ4n) is 2.42. The second-order valence-corrected chi connectivity index (χ2v) is 7.50. The predicted molar refractivity (Wildman–Crippen MR) is 70.8 cm³/mol. The maximum absolute atomic E-state index is 11.3. The first kappa shape index (κ1) is 12.6. The Labute approximate surface area is 106 Å². The number of carbonyl (C=O) groups excluding carboxylic acids is 1. The molecule has 0 aromatic carbocycles. The van der Waals surface area contributed by atoms with Gasteiger partial charge in [0, 0.05) is 6.42 Å². The summed E-state index contributed by atoms with van der Waals surface area (Å²) in [5.41, 5.74) is 0. The van der Waals surface area contributed by atoms with E-state index in [1.54, 1.807) is 0 Å². The molecule has 2 atom stereocenters. The van der Waals surface area contributed by atoms with Crippen molar-refractivity contribution in [1.82, 2.24) is 0 Å². The van der Waals surface area contributed by atoms with Gasteiger partial charge >= 0.3 is 5.97 Å². The van der Waals surface area contributed by atoms with Crippen LogP contribution in [-0.4, -0.2) is 28.7 Å². The average Bonchev–Trinajstić information content (AvgIpc) is 2.31. The molecule has 0 saturated carbocycles. The van der Waals surface area contributed by atoms with Gasteiger partial charge in [0.15, 0.2) is 0 Å². The van der Waals surface area contributed by atoms with Crippen LogP contribution in [0.4, 0.5) is 0 Å². The molecule has 2 heterocycles. The average molecular weight is 260 g/mol. The molecule has 2 aliphatic rings. The summed E-state index contributed by atoms with van der Waals surface area (Å²) in [4.78, 5) is 11.3. The van der Waals surface area contributed by atoms with Crippen molar-refractivity contribution < 1.29 is 9.53 Å². The third-order valence-corrected chi connectivity index (χ3v) is 6.46. The lowest BCUT2D eigenvalue weighted by molar-refractivity contribution is -0.153. The fourth-order valence-corrected chi connectivity index (χ4v) is 5.48. The molecule has 0 aromatic rings. The van der Waals surface area contributed by atoms with Crippen LogP contribution in [0.1, 0.15) is 32.6 Å². The summed E-state index contributed by atoms with van der Waals surface area (Å²) in [6.45, 7) is 2.86. The Kier molecular flexibility index (Phi) is 4.89. The minimum absolute atomic E-state index is 0.0144. The molecule has 2 fully saturated rings. The summed E-state index contributed by atoms with van der Waals surface area (Å²) in [5.74, 6) is 3.77. The summed E-state index contributed by atoms with van der Waals surface area (Å²) in [5, 5.41) is 0. The molecule has 0 unspecified atom stereocenters. The lowest BCUT2D eigenvalue weighted by Crippen LogP contribution is -2.32. The molecule has 0 amide bonds. The molecular formula is C12H20O2S2. The second kappa shape index (κ2) is 6.20. The van der Waals surface area contributed by atoms with Crippen molar-refractivity contribution in [2.45, 2.75) is 37.2 Å². The zero-order valence-corrected chi connectivity index (χ0v) is 11.4.